The third kappa shape index (κ3) is 2.72. The van der Waals surface area contributed by atoms with Gasteiger partial charge in [-0.2, -0.15) is 0 Å². The SMILES string of the molecule is CCCC(C(=O)N1CCc2sccc2C1)C(N)=S. The van der Waals surface area contributed by atoms with Crippen LogP contribution in [0.2, 0.25) is 0 Å². The summed E-state index contributed by atoms with van der Waals surface area (Å²) in [5, 5.41) is 2.09. The van der Waals surface area contributed by atoms with Crippen molar-refractivity contribution in [1.29, 1.82) is 0 Å². The summed E-state index contributed by atoms with van der Waals surface area (Å²) in [5.41, 5.74) is 6.97. The van der Waals surface area contributed by atoms with Crippen LogP contribution in [0.1, 0.15) is 30.2 Å². The second kappa shape index (κ2) is 5.80. The lowest BCUT2D eigenvalue weighted by atomic mass is 10.00. The van der Waals surface area contributed by atoms with Gasteiger partial charge >= 0.3 is 0 Å². The highest BCUT2D eigenvalue weighted by Gasteiger charge is 2.28. The molecule has 1 amide bonds. The van der Waals surface area contributed by atoms with Crippen molar-refractivity contribution in [1.82, 2.24) is 4.90 Å². The number of thiocarbonyl (C=S) groups is 1. The highest BCUT2D eigenvalue weighted by atomic mass is 32.1. The van der Waals surface area contributed by atoms with Crippen LogP contribution in [0.4, 0.5) is 0 Å². The Kier molecular flexibility index (Phi) is 4.35. The van der Waals surface area contributed by atoms with Crippen LogP contribution >= 0.6 is 23.6 Å². The molecule has 0 radical (unpaired) electrons. The van der Waals surface area contributed by atoms with Gasteiger partial charge in [0.2, 0.25) is 5.91 Å². The van der Waals surface area contributed by atoms with Gasteiger partial charge in [-0.15, -0.1) is 11.3 Å². The third-order valence-corrected chi connectivity index (χ3v) is 4.65. The molecule has 2 rings (SSSR count). The van der Waals surface area contributed by atoms with Gasteiger partial charge in [0.1, 0.15) is 0 Å². The molecule has 1 atom stereocenters. The van der Waals surface area contributed by atoms with Crippen LogP contribution in [-0.4, -0.2) is 22.3 Å². The van der Waals surface area contributed by atoms with Crippen LogP contribution in [0.3, 0.4) is 0 Å². The van der Waals surface area contributed by atoms with Crippen LogP contribution < -0.4 is 5.73 Å². The van der Waals surface area contributed by atoms with Gasteiger partial charge < -0.3 is 10.6 Å². The fraction of sp³-hybridized carbons (Fsp3) is 0.538. The summed E-state index contributed by atoms with van der Waals surface area (Å²) >= 11 is 6.80. The van der Waals surface area contributed by atoms with Crippen molar-refractivity contribution in [2.45, 2.75) is 32.7 Å². The monoisotopic (exact) mass is 282 g/mol. The summed E-state index contributed by atoms with van der Waals surface area (Å²) in [7, 11) is 0. The van der Waals surface area contributed by atoms with Crippen molar-refractivity contribution in [3.8, 4) is 0 Å². The number of hydrogen-bond donors (Lipinski definition) is 1. The molecule has 0 fully saturated rings. The zero-order valence-corrected chi connectivity index (χ0v) is 12.1. The van der Waals surface area contributed by atoms with Crippen molar-refractivity contribution in [2.24, 2.45) is 11.7 Å². The van der Waals surface area contributed by atoms with E-state index in [2.05, 4.69) is 11.4 Å². The number of rotatable bonds is 4. The maximum absolute atomic E-state index is 12.4. The molecule has 1 aromatic rings. The Hall–Kier alpha value is -0.940. The fourth-order valence-electron chi connectivity index (χ4n) is 2.33. The van der Waals surface area contributed by atoms with Gasteiger partial charge in [-0.05, 0) is 29.9 Å². The first-order valence-electron chi connectivity index (χ1n) is 6.26. The summed E-state index contributed by atoms with van der Waals surface area (Å²) in [6.07, 6.45) is 2.63. The molecule has 0 saturated heterocycles. The lowest BCUT2D eigenvalue weighted by Gasteiger charge is -2.30. The molecule has 1 aliphatic rings. The molecule has 5 heteroatoms. The Labute approximate surface area is 117 Å². The second-order valence-corrected chi connectivity index (χ2v) is 6.09. The van der Waals surface area contributed by atoms with Crippen LogP contribution in [0.25, 0.3) is 0 Å². The minimum atomic E-state index is -0.287. The Morgan fingerprint density at radius 2 is 2.44 bits per heavy atom. The number of carbonyl (C=O) groups excluding carboxylic acids is 1. The summed E-state index contributed by atoms with van der Waals surface area (Å²) in [6.45, 7) is 3.54. The number of carbonyl (C=O) groups is 1. The van der Waals surface area contributed by atoms with Crippen molar-refractivity contribution >= 4 is 34.5 Å². The van der Waals surface area contributed by atoms with E-state index in [1.165, 1.54) is 10.4 Å². The third-order valence-electron chi connectivity index (χ3n) is 3.34. The number of amides is 1. The van der Waals surface area contributed by atoms with E-state index in [1.807, 2.05) is 11.8 Å². The molecular weight excluding hydrogens is 264 g/mol. The first-order valence-corrected chi connectivity index (χ1v) is 7.55. The minimum Gasteiger partial charge on any atom is -0.393 e. The average molecular weight is 282 g/mol. The normalized spacial score (nSPS) is 16.2. The van der Waals surface area contributed by atoms with Crippen molar-refractivity contribution in [2.75, 3.05) is 6.54 Å². The standard InChI is InChI=1S/C13H18N2OS2/c1-2-3-10(12(14)17)13(16)15-6-4-11-9(8-15)5-7-18-11/h5,7,10H,2-4,6,8H2,1H3,(H2,14,17). The zero-order chi connectivity index (χ0) is 13.1. The summed E-state index contributed by atoms with van der Waals surface area (Å²) in [4.78, 5) is 16.1. The minimum absolute atomic E-state index is 0.0983. The lowest BCUT2D eigenvalue weighted by molar-refractivity contribution is -0.134. The van der Waals surface area contributed by atoms with Crippen LogP contribution in [0.15, 0.2) is 11.4 Å². The summed E-state index contributed by atoms with van der Waals surface area (Å²) < 4.78 is 0. The van der Waals surface area contributed by atoms with E-state index in [9.17, 15) is 4.79 Å². The second-order valence-electron chi connectivity index (χ2n) is 4.62. The molecule has 0 bridgehead atoms. The van der Waals surface area contributed by atoms with E-state index in [4.69, 9.17) is 18.0 Å². The largest absolute Gasteiger partial charge is 0.393 e. The molecular formula is C13H18N2OS2. The predicted molar refractivity (Wildman–Crippen MR) is 78.6 cm³/mol. The summed E-state index contributed by atoms with van der Waals surface area (Å²) in [6, 6.07) is 2.11. The smallest absolute Gasteiger partial charge is 0.232 e. The first-order chi connectivity index (χ1) is 8.63. The van der Waals surface area contributed by atoms with Crippen LogP contribution in [0, 0.1) is 5.92 Å². The van der Waals surface area contributed by atoms with Crippen molar-refractivity contribution in [3.63, 3.8) is 0 Å². The van der Waals surface area contributed by atoms with Crippen LogP contribution in [-0.2, 0) is 17.8 Å². The Bertz CT molecular complexity index is 456. The van der Waals surface area contributed by atoms with E-state index in [0.29, 0.717) is 11.5 Å². The van der Waals surface area contributed by atoms with E-state index in [0.717, 1.165) is 25.8 Å². The molecule has 0 aliphatic carbocycles. The molecule has 2 N–H and O–H groups in total. The first kappa shape index (κ1) is 13.5. The van der Waals surface area contributed by atoms with E-state index < -0.39 is 0 Å². The predicted octanol–water partition coefficient (Wildman–Crippen LogP) is 2.34. The Balaban J connectivity index is 2.08. The molecule has 1 aliphatic heterocycles. The van der Waals surface area contributed by atoms with E-state index in [-0.39, 0.29) is 11.8 Å². The molecule has 1 aromatic heterocycles. The highest BCUT2D eigenvalue weighted by Crippen LogP contribution is 2.25. The summed E-state index contributed by atoms with van der Waals surface area (Å²) in [5.74, 6) is -0.189. The lowest BCUT2D eigenvalue weighted by Crippen LogP contribution is -2.43. The van der Waals surface area contributed by atoms with Gasteiger partial charge in [-0.3, -0.25) is 4.79 Å². The number of thiophene rings is 1. The van der Waals surface area contributed by atoms with Crippen molar-refractivity contribution < 1.29 is 4.79 Å². The van der Waals surface area contributed by atoms with Gasteiger partial charge in [-0.25, -0.2) is 0 Å². The van der Waals surface area contributed by atoms with Gasteiger partial charge in [0.25, 0.3) is 0 Å². The Morgan fingerprint density at radius 3 is 3.11 bits per heavy atom. The highest BCUT2D eigenvalue weighted by molar-refractivity contribution is 7.80. The van der Waals surface area contributed by atoms with Gasteiger partial charge in [-0.1, -0.05) is 25.6 Å². The Morgan fingerprint density at radius 1 is 1.67 bits per heavy atom. The number of fused-ring (bicyclic) bond motifs is 1. The topological polar surface area (TPSA) is 46.3 Å². The van der Waals surface area contributed by atoms with Crippen molar-refractivity contribution in [3.05, 3.63) is 21.9 Å². The van der Waals surface area contributed by atoms with Gasteiger partial charge in [0, 0.05) is 18.0 Å². The van der Waals surface area contributed by atoms with Gasteiger partial charge in [0.15, 0.2) is 0 Å². The van der Waals surface area contributed by atoms with Crippen LogP contribution in [0.5, 0.6) is 0 Å². The zero-order valence-electron chi connectivity index (χ0n) is 10.5. The molecule has 0 spiro atoms. The average Bonchev–Trinajstić information content (AvgIpc) is 2.81. The maximum atomic E-state index is 12.4. The molecule has 1 unspecified atom stereocenters. The number of nitrogens with zero attached hydrogens (tertiary/aromatic N) is 1. The molecule has 0 saturated carbocycles. The molecule has 3 nitrogen and oxygen atoms in total. The quantitative estimate of drug-likeness (QED) is 0.862. The molecule has 2 heterocycles. The van der Waals surface area contributed by atoms with E-state index >= 15 is 0 Å². The number of nitrogens with two attached hydrogens (primary N) is 1. The van der Waals surface area contributed by atoms with E-state index in [1.54, 1.807) is 11.3 Å². The molecule has 0 aromatic carbocycles. The van der Waals surface area contributed by atoms with Gasteiger partial charge in [0.05, 0.1) is 10.9 Å². The molecule has 98 valence electrons. The fourth-order valence-corrected chi connectivity index (χ4v) is 3.44. The molecule has 18 heavy (non-hydrogen) atoms. The number of hydrogen-bond acceptors (Lipinski definition) is 3. The maximum Gasteiger partial charge on any atom is 0.232 e.